The molecule has 3 aromatic rings. The van der Waals surface area contributed by atoms with Gasteiger partial charge in [0.1, 0.15) is 0 Å². The number of benzene rings is 2. The van der Waals surface area contributed by atoms with E-state index in [2.05, 4.69) is 4.90 Å². The number of nitro groups is 1. The number of nitrogens with zero attached hydrogens (tertiary/aromatic N) is 4. The van der Waals surface area contributed by atoms with Crippen LogP contribution in [0.25, 0.3) is 16.3 Å². The summed E-state index contributed by atoms with van der Waals surface area (Å²) in [5.41, 5.74) is 2.65. The predicted molar refractivity (Wildman–Crippen MR) is 120 cm³/mol. The number of aromatic nitrogens is 1. The fraction of sp³-hybridized carbons (Fsp3) is 0.238. The topological polar surface area (TPSA) is 79.6 Å². The van der Waals surface area contributed by atoms with E-state index in [1.54, 1.807) is 34.4 Å². The van der Waals surface area contributed by atoms with Crippen LogP contribution in [0.3, 0.4) is 0 Å². The van der Waals surface area contributed by atoms with E-state index in [1.807, 2.05) is 19.1 Å². The maximum Gasteiger partial charge on any atom is 0.270 e. The normalized spacial score (nSPS) is 14.6. The van der Waals surface area contributed by atoms with Gasteiger partial charge in [0, 0.05) is 44.4 Å². The van der Waals surface area contributed by atoms with Crippen LogP contribution in [0.4, 0.5) is 10.8 Å². The van der Waals surface area contributed by atoms with Crippen molar-refractivity contribution in [1.82, 2.24) is 9.88 Å². The molecule has 30 heavy (non-hydrogen) atoms. The number of carbonyl (C=O) groups is 1. The molecule has 2 heterocycles. The van der Waals surface area contributed by atoms with Gasteiger partial charge in [0.05, 0.1) is 20.2 Å². The monoisotopic (exact) mass is 442 g/mol. The zero-order valence-corrected chi connectivity index (χ0v) is 17.8. The summed E-state index contributed by atoms with van der Waals surface area (Å²) in [7, 11) is 0. The Labute approximate surface area is 182 Å². The third-order valence-electron chi connectivity index (χ3n) is 5.05. The fourth-order valence-corrected chi connectivity index (χ4v) is 4.73. The van der Waals surface area contributed by atoms with Crippen molar-refractivity contribution >= 4 is 56.0 Å². The summed E-state index contributed by atoms with van der Waals surface area (Å²) in [5.74, 6) is -0.107. The number of carbonyl (C=O) groups excluding carboxylic acids is 1. The van der Waals surface area contributed by atoms with Gasteiger partial charge in [-0.05, 0) is 30.2 Å². The first-order valence-electron chi connectivity index (χ1n) is 9.44. The van der Waals surface area contributed by atoms with Crippen molar-refractivity contribution in [1.29, 1.82) is 0 Å². The van der Waals surface area contributed by atoms with Crippen LogP contribution in [0.1, 0.15) is 11.1 Å². The first kappa shape index (κ1) is 20.3. The minimum Gasteiger partial charge on any atom is -0.345 e. The third kappa shape index (κ3) is 4.15. The van der Waals surface area contributed by atoms with Crippen LogP contribution in [0.2, 0.25) is 5.02 Å². The highest BCUT2D eigenvalue weighted by Crippen LogP contribution is 2.35. The number of piperazine rings is 1. The number of hydrogen-bond donors (Lipinski definition) is 0. The van der Waals surface area contributed by atoms with Gasteiger partial charge in [0.2, 0.25) is 5.91 Å². The van der Waals surface area contributed by atoms with Crippen LogP contribution in [-0.2, 0) is 4.79 Å². The molecule has 9 heteroatoms. The molecule has 4 rings (SSSR count). The van der Waals surface area contributed by atoms with Crippen LogP contribution in [0, 0.1) is 17.0 Å². The quantitative estimate of drug-likeness (QED) is 0.337. The molecule has 0 radical (unpaired) electrons. The maximum atomic E-state index is 12.5. The molecule has 0 N–H and O–H groups in total. The van der Waals surface area contributed by atoms with Crippen LogP contribution >= 0.6 is 22.9 Å². The number of hydrogen-bond acceptors (Lipinski definition) is 6. The van der Waals surface area contributed by atoms with Gasteiger partial charge in [-0.25, -0.2) is 4.98 Å². The maximum absolute atomic E-state index is 12.5. The molecular formula is C21H19ClN4O3S. The fourth-order valence-electron chi connectivity index (χ4n) is 3.36. The molecule has 1 amide bonds. The van der Waals surface area contributed by atoms with E-state index >= 15 is 0 Å². The van der Waals surface area contributed by atoms with Crippen LogP contribution < -0.4 is 4.90 Å². The number of aryl methyl sites for hydroxylation is 1. The molecule has 1 aromatic heterocycles. The van der Waals surface area contributed by atoms with E-state index in [0.29, 0.717) is 36.8 Å². The van der Waals surface area contributed by atoms with Gasteiger partial charge in [-0.15, -0.1) is 0 Å². The Balaban J connectivity index is 1.40. The minimum absolute atomic E-state index is 0.00406. The molecule has 0 unspecified atom stereocenters. The molecule has 1 aliphatic rings. The lowest BCUT2D eigenvalue weighted by Gasteiger charge is -2.34. The number of fused-ring (bicyclic) bond motifs is 1. The number of non-ortho nitro benzene ring substituents is 1. The molecule has 0 bridgehead atoms. The molecule has 0 spiro atoms. The summed E-state index contributed by atoms with van der Waals surface area (Å²) in [5, 5.41) is 12.5. The molecule has 1 fully saturated rings. The van der Waals surface area contributed by atoms with E-state index in [-0.39, 0.29) is 11.6 Å². The second-order valence-corrected chi connectivity index (χ2v) is 8.42. The second-order valence-electron chi connectivity index (χ2n) is 7.04. The van der Waals surface area contributed by atoms with Gasteiger partial charge < -0.3 is 9.80 Å². The number of thiazole rings is 1. The SMILES string of the molecule is Cc1ccc(Cl)c2sc(N3CCN(C(=O)/C=C/c4cccc([N+](=O)[O-])c4)CC3)nc12. The summed E-state index contributed by atoms with van der Waals surface area (Å²) in [6.45, 7) is 4.56. The molecule has 0 atom stereocenters. The predicted octanol–water partition coefficient (Wildman–Crippen LogP) is 4.53. The van der Waals surface area contributed by atoms with Gasteiger partial charge >= 0.3 is 0 Å². The summed E-state index contributed by atoms with van der Waals surface area (Å²) < 4.78 is 0.991. The lowest BCUT2D eigenvalue weighted by atomic mass is 10.2. The van der Waals surface area contributed by atoms with Crippen molar-refractivity contribution in [3.05, 3.63) is 68.7 Å². The summed E-state index contributed by atoms with van der Waals surface area (Å²) in [6.07, 6.45) is 3.08. The van der Waals surface area contributed by atoms with E-state index < -0.39 is 4.92 Å². The zero-order valence-electron chi connectivity index (χ0n) is 16.2. The van der Waals surface area contributed by atoms with Gasteiger partial charge in [-0.1, -0.05) is 41.1 Å². The Morgan fingerprint density at radius 1 is 1.23 bits per heavy atom. The lowest BCUT2D eigenvalue weighted by molar-refractivity contribution is -0.384. The Morgan fingerprint density at radius 3 is 2.70 bits per heavy atom. The van der Waals surface area contributed by atoms with Gasteiger partial charge in [0.25, 0.3) is 5.69 Å². The largest absolute Gasteiger partial charge is 0.345 e. The Kier molecular flexibility index (Phi) is 5.69. The number of halogens is 1. The van der Waals surface area contributed by atoms with Crippen molar-refractivity contribution in [2.45, 2.75) is 6.92 Å². The van der Waals surface area contributed by atoms with Crippen LogP contribution in [0.15, 0.2) is 42.5 Å². The van der Waals surface area contributed by atoms with Gasteiger partial charge in [-0.2, -0.15) is 0 Å². The number of nitro benzene ring substituents is 1. The zero-order chi connectivity index (χ0) is 21.3. The van der Waals surface area contributed by atoms with Crippen LogP contribution in [0.5, 0.6) is 0 Å². The Hall–Kier alpha value is -2.97. The first-order chi connectivity index (χ1) is 14.4. The van der Waals surface area contributed by atoms with Crippen molar-refractivity contribution < 1.29 is 9.72 Å². The minimum atomic E-state index is -0.449. The summed E-state index contributed by atoms with van der Waals surface area (Å²) in [4.78, 5) is 31.6. The number of rotatable bonds is 4. The Morgan fingerprint density at radius 2 is 2.00 bits per heavy atom. The third-order valence-corrected chi connectivity index (χ3v) is 6.62. The van der Waals surface area contributed by atoms with Crippen LogP contribution in [-0.4, -0.2) is 46.9 Å². The van der Waals surface area contributed by atoms with E-state index in [0.717, 1.165) is 20.9 Å². The van der Waals surface area contributed by atoms with Crippen molar-refractivity contribution in [3.8, 4) is 0 Å². The average molecular weight is 443 g/mol. The highest BCUT2D eigenvalue weighted by molar-refractivity contribution is 7.22. The first-order valence-corrected chi connectivity index (χ1v) is 10.6. The lowest BCUT2D eigenvalue weighted by Crippen LogP contribution is -2.48. The molecule has 0 saturated carbocycles. The Bertz CT molecular complexity index is 1110. The summed E-state index contributed by atoms with van der Waals surface area (Å²) in [6, 6.07) is 10.1. The standard InChI is InChI=1S/C21H19ClN4O3S/c1-14-5-7-17(22)20-19(14)23-21(30-20)25-11-9-24(10-12-25)18(27)8-6-15-3-2-4-16(13-15)26(28)29/h2-8,13H,9-12H2,1H3/b8-6+. The van der Waals surface area contributed by atoms with E-state index in [4.69, 9.17) is 16.6 Å². The van der Waals surface area contributed by atoms with E-state index in [1.165, 1.54) is 18.2 Å². The van der Waals surface area contributed by atoms with Gasteiger partial charge in [-0.3, -0.25) is 14.9 Å². The number of amides is 1. The molecule has 0 aliphatic carbocycles. The highest BCUT2D eigenvalue weighted by Gasteiger charge is 2.22. The van der Waals surface area contributed by atoms with E-state index in [9.17, 15) is 14.9 Å². The summed E-state index contributed by atoms with van der Waals surface area (Å²) >= 11 is 7.89. The van der Waals surface area contributed by atoms with Crippen molar-refractivity contribution in [3.63, 3.8) is 0 Å². The molecule has 2 aromatic carbocycles. The molecule has 1 aliphatic heterocycles. The van der Waals surface area contributed by atoms with Crippen molar-refractivity contribution in [2.24, 2.45) is 0 Å². The molecular weight excluding hydrogens is 424 g/mol. The second kappa shape index (κ2) is 8.41. The molecule has 1 saturated heterocycles. The molecule has 7 nitrogen and oxygen atoms in total. The highest BCUT2D eigenvalue weighted by atomic mass is 35.5. The molecule has 154 valence electrons. The van der Waals surface area contributed by atoms with Crippen molar-refractivity contribution in [2.75, 3.05) is 31.1 Å². The van der Waals surface area contributed by atoms with Gasteiger partial charge in [0.15, 0.2) is 5.13 Å². The number of anilines is 1. The smallest absolute Gasteiger partial charge is 0.270 e. The average Bonchev–Trinajstić information content (AvgIpc) is 3.22.